The quantitative estimate of drug-likeness (QED) is 0.376. The van der Waals surface area contributed by atoms with Gasteiger partial charge in [-0.25, -0.2) is 4.79 Å². The first kappa shape index (κ1) is 22.3. The van der Waals surface area contributed by atoms with Gasteiger partial charge < -0.3 is 15.7 Å². The predicted octanol–water partition coefficient (Wildman–Crippen LogP) is 4.85. The van der Waals surface area contributed by atoms with Gasteiger partial charge in [-0.05, 0) is 55.7 Å². The summed E-state index contributed by atoms with van der Waals surface area (Å²) in [5, 5.41) is 20.9. The molecule has 0 aliphatic heterocycles. The molecule has 2 aromatic heterocycles. The Hall–Kier alpha value is -4.46. The molecule has 2 heterocycles. The fourth-order valence-electron chi connectivity index (χ4n) is 3.97. The molecule has 0 saturated heterocycles. The second kappa shape index (κ2) is 9.42. The molecule has 3 N–H and O–H groups in total. The SMILES string of the molecule is Cc1cccc(CNC(=O)n2nc(-c3ccc(NC(=O)c4ccncc4)cc3O)cc2C2CC2)c1. The average Bonchev–Trinajstić information content (AvgIpc) is 3.61. The number of pyridine rings is 1. The Kier molecular flexibility index (Phi) is 6.01. The van der Waals surface area contributed by atoms with Crippen LogP contribution in [0.2, 0.25) is 0 Å². The molecule has 0 spiro atoms. The molecular weight excluding hydrogens is 442 g/mol. The third-order valence-corrected chi connectivity index (χ3v) is 5.93. The van der Waals surface area contributed by atoms with Crippen molar-refractivity contribution in [1.29, 1.82) is 0 Å². The van der Waals surface area contributed by atoms with Crippen molar-refractivity contribution in [3.8, 4) is 17.0 Å². The van der Waals surface area contributed by atoms with Crippen molar-refractivity contribution in [2.75, 3.05) is 5.32 Å². The number of phenolic OH excluding ortho intramolecular Hbond substituents is 1. The Morgan fingerprint density at radius 2 is 1.86 bits per heavy atom. The van der Waals surface area contributed by atoms with Crippen molar-refractivity contribution in [3.05, 3.63) is 95.4 Å². The zero-order valence-corrected chi connectivity index (χ0v) is 19.2. The van der Waals surface area contributed by atoms with Crippen LogP contribution in [-0.2, 0) is 6.54 Å². The van der Waals surface area contributed by atoms with E-state index in [1.54, 1.807) is 36.7 Å². The molecule has 0 unspecified atom stereocenters. The molecule has 1 fully saturated rings. The van der Waals surface area contributed by atoms with E-state index in [4.69, 9.17) is 0 Å². The van der Waals surface area contributed by atoms with Crippen LogP contribution in [0.25, 0.3) is 11.3 Å². The fraction of sp³-hybridized carbons (Fsp3) is 0.185. The zero-order chi connectivity index (χ0) is 24.4. The van der Waals surface area contributed by atoms with Crippen LogP contribution in [0.15, 0.2) is 73.1 Å². The second-order valence-corrected chi connectivity index (χ2v) is 8.71. The van der Waals surface area contributed by atoms with Crippen molar-refractivity contribution < 1.29 is 14.7 Å². The molecule has 0 atom stereocenters. The Balaban J connectivity index is 1.35. The van der Waals surface area contributed by atoms with E-state index in [9.17, 15) is 14.7 Å². The van der Waals surface area contributed by atoms with Crippen LogP contribution in [0.5, 0.6) is 5.75 Å². The minimum atomic E-state index is -0.305. The summed E-state index contributed by atoms with van der Waals surface area (Å²) in [5.74, 6) is -0.0585. The fourth-order valence-corrected chi connectivity index (χ4v) is 3.97. The summed E-state index contributed by atoms with van der Waals surface area (Å²) in [7, 11) is 0. The van der Waals surface area contributed by atoms with Gasteiger partial charge in [-0.15, -0.1) is 0 Å². The monoisotopic (exact) mass is 467 g/mol. The number of aromatic nitrogens is 3. The van der Waals surface area contributed by atoms with E-state index >= 15 is 0 Å². The third kappa shape index (κ3) is 5.06. The number of hydrogen-bond acceptors (Lipinski definition) is 5. The summed E-state index contributed by atoms with van der Waals surface area (Å²) in [5.41, 5.74) is 4.88. The number of anilines is 1. The third-order valence-electron chi connectivity index (χ3n) is 5.93. The van der Waals surface area contributed by atoms with Crippen molar-refractivity contribution in [2.45, 2.75) is 32.2 Å². The molecule has 2 aromatic carbocycles. The molecule has 1 saturated carbocycles. The summed E-state index contributed by atoms with van der Waals surface area (Å²) < 4.78 is 1.40. The van der Waals surface area contributed by atoms with E-state index in [2.05, 4.69) is 20.7 Å². The molecular formula is C27H25N5O3. The number of phenols is 1. The normalized spacial score (nSPS) is 12.8. The standard InChI is InChI=1S/C27H25N5O3/c1-17-3-2-4-18(13-17)16-29-27(35)32-24(19-5-6-19)15-23(31-32)22-8-7-21(14-25(22)33)30-26(34)20-9-11-28-12-10-20/h2-4,7-15,19,33H,5-6,16H2,1H3,(H,29,35)(H,30,34). The van der Waals surface area contributed by atoms with Gasteiger partial charge in [-0.3, -0.25) is 9.78 Å². The van der Waals surface area contributed by atoms with Gasteiger partial charge in [-0.1, -0.05) is 29.8 Å². The summed E-state index contributed by atoms with van der Waals surface area (Å²) in [6.07, 6.45) is 5.09. The Bertz CT molecular complexity index is 1390. The van der Waals surface area contributed by atoms with Gasteiger partial charge in [0.05, 0.1) is 11.4 Å². The second-order valence-electron chi connectivity index (χ2n) is 8.71. The molecule has 4 aromatic rings. The maximum atomic E-state index is 13.0. The lowest BCUT2D eigenvalue weighted by Crippen LogP contribution is -2.30. The summed E-state index contributed by atoms with van der Waals surface area (Å²) >= 11 is 0. The van der Waals surface area contributed by atoms with E-state index in [1.807, 2.05) is 37.3 Å². The van der Waals surface area contributed by atoms with E-state index in [-0.39, 0.29) is 23.6 Å². The number of carbonyl (C=O) groups is 2. The van der Waals surface area contributed by atoms with E-state index in [0.29, 0.717) is 29.1 Å². The van der Waals surface area contributed by atoms with E-state index < -0.39 is 0 Å². The van der Waals surface area contributed by atoms with Crippen LogP contribution < -0.4 is 10.6 Å². The largest absolute Gasteiger partial charge is 0.507 e. The predicted molar refractivity (Wildman–Crippen MR) is 132 cm³/mol. The number of rotatable bonds is 6. The van der Waals surface area contributed by atoms with Crippen molar-refractivity contribution >= 4 is 17.6 Å². The van der Waals surface area contributed by atoms with Crippen LogP contribution in [0, 0.1) is 6.92 Å². The molecule has 0 bridgehead atoms. The van der Waals surface area contributed by atoms with Gasteiger partial charge >= 0.3 is 6.03 Å². The maximum absolute atomic E-state index is 13.0. The number of benzene rings is 2. The van der Waals surface area contributed by atoms with Crippen LogP contribution in [0.4, 0.5) is 10.5 Å². The molecule has 5 rings (SSSR count). The summed E-state index contributed by atoms with van der Waals surface area (Å²) in [6, 6.07) is 17.6. The molecule has 1 aliphatic carbocycles. The van der Waals surface area contributed by atoms with Gasteiger partial charge in [-0.2, -0.15) is 9.78 Å². The van der Waals surface area contributed by atoms with Gasteiger partial charge in [0.15, 0.2) is 0 Å². The van der Waals surface area contributed by atoms with Gasteiger partial charge in [0.2, 0.25) is 0 Å². The highest BCUT2D eigenvalue weighted by Gasteiger charge is 2.30. The number of hydrogen-bond donors (Lipinski definition) is 3. The molecule has 8 nitrogen and oxygen atoms in total. The van der Waals surface area contributed by atoms with Gasteiger partial charge in [0, 0.05) is 47.7 Å². The van der Waals surface area contributed by atoms with Crippen LogP contribution >= 0.6 is 0 Å². The molecule has 8 heteroatoms. The number of aryl methyl sites for hydroxylation is 1. The van der Waals surface area contributed by atoms with Crippen molar-refractivity contribution in [2.24, 2.45) is 0 Å². The maximum Gasteiger partial charge on any atom is 0.342 e. The lowest BCUT2D eigenvalue weighted by atomic mass is 10.1. The molecule has 1 aliphatic rings. The minimum Gasteiger partial charge on any atom is -0.507 e. The molecule has 2 amide bonds. The van der Waals surface area contributed by atoms with Crippen LogP contribution in [0.1, 0.15) is 45.9 Å². The highest BCUT2D eigenvalue weighted by molar-refractivity contribution is 6.04. The summed E-state index contributed by atoms with van der Waals surface area (Å²) in [6.45, 7) is 2.41. The first-order valence-corrected chi connectivity index (χ1v) is 11.5. The number of amides is 2. The average molecular weight is 468 g/mol. The smallest absolute Gasteiger partial charge is 0.342 e. The molecule has 176 valence electrons. The van der Waals surface area contributed by atoms with Crippen LogP contribution in [0.3, 0.4) is 0 Å². The van der Waals surface area contributed by atoms with Crippen molar-refractivity contribution in [1.82, 2.24) is 20.1 Å². The highest BCUT2D eigenvalue weighted by Crippen LogP contribution is 2.42. The number of nitrogens with zero attached hydrogens (tertiary/aromatic N) is 3. The van der Waals surface area contributed by atoms with Gasteiger partial charge in [0.1, 0.15) is 5.75 Å². The van der Waals surface area contributed by atoms with Crippen LogP contribution in [-0.4, -0.2) is 31.8 Å². The Morgan fingerprint density at radius 3 is 2.57 bits per heavy atom. The highest BCUT2D eigenvalue weighted by atomic mass is 16.3. The molecule has 35 heavy (non-hydrogen) atoms. The van der Waals surface area contributed by atoms with Crippen molar-refractivity contribution in [3.63, 3.8) is 0 Å². The lowest BCUT2D eigenvalue weighted by molar-refractivity contribution is 0.102. The number of aromatic hydroxyl groups is 1. The molecule has 0 radical (unpaired) electrons. The Labute approximate surface area is 202 Å². The summed E-state index contributed by atoms with van der Waals surface area (Å²) in [4.78, 5) is 29.3. The lowest BCUT2D eigenvalue weighted by Gasteiger charge is -2.09. The minimum absolute atomic E-state index is 0.0373. The zero-order valence-electron chi connectivity index (χ0n) is 19.2. The topological polar surface area (TPSA) is 109 Å². The van der Waals surface area contributed by atoms with Gasteiger partial charge in [0.25, 0.3) is 5.91 Å². The first-order valence-electron chi connectivity index (χ1n) is 11.5. The number of nitrogens with one attached hydrogen (secondary N) is 2. The first-order chi connectivity index (χ1) is 17.0. The van der Waals surface area contributed by atoms with E-state index in [1.165, 1.54) is 10.7 Å². The van der Waals surface area contributed by atoms with E-state index in [0.717, 1.165) is 29.7 Å². The number of carbonyl (C=O) groups excluding carboxylic acids is 2. The Morgan fingerprint density at radius 1 is 1.06 bits per heavy atom.